The fourth-order valence-corrected chi connectivity index (χ4v) is 4.36. The van der Waals surface area contributed by atoms with Crippen LogP contribution in [0.1, 0.15) is 12.0 Å². The van der Waals surface area contributed by atoms with Crippen molar-refractivity contribution in [1.82, 2.24) is 9.62 Å². The van der Waals surface area contributed by atoms with Gasteiger partial charge in [-0.2, -0.15) is 16.5 Å². The van der Waals surface area contributed by atoms with E-state index in [1.54, 1.807) is 49.1 Å². The highest BCUT2D eigenvalue weighted by molar-refractivity contribution is 7.98. The van der Waals surface area contributed by atoms with Crippen molar-refractivity contribution < 1.29 is 17.9 Å². The predicted molar refractivity (Wildman–Crippen MR) is 129 cm³/mol. The molecule has 0 saturated heterocycles. The SMILES string of the molecule is CSCCC(NS(=O)(=O)/C=C/c1ccccc1)C(=O)N(C)CCOc1ccccc1Cl. The van der Waals surface area contributed by atoms with Gasteiger partial charge in [-0.1, -0.05) is 54.1 Å². The van der Waals surface area contributed by atoms with Gasteiger partial charge in [-0.05, 0) is 42.2 Å². The first kappa shape index (κ1) is 25.3. The summed E-state index contributed by atoms with van der Waals surface area (Å²) < 4.78 is 33.2. The van der Waals surface area contributed by atoms with Crippen molar-refractivity contribution in [3.8, 4) is 5.75 Å². The monoisotopic (exact) mass is 482 g/mol. The first-order chi connectivity index (χ1) is 14.8. The highest BCUT2D eigenvalue weighted by Gasteiger charge is 2.25. The Hall–Kier alpha value is -2.00. The number of carbonyl (C=O) groups is 1. The lowest BCUT2D eigenvalue weighted by Gasteiger charge is -2.24. The van der Waals surface area contributed by atoms with E-state index in [0.717, 1.165) is 11.0 Å². The molecule has 2 aromatic rings. The third kappa shape index (κ3) is 8.95. The van der Waals surface area contributed by atoms with Gasteiger partial charge < -0.3 is 9.64 Å². The third-order valence-electron chi connectivity index (χ3n) is 4.35. The number of thioether (sulfide) groups is 1. The predicted octanol–water partition coefficient (Wildman–Crippen LogP) is 3.89. The number of benzene rings is 2. The van der Waals surface area contributed by atoms with Gasteiger partial charge in [0.05, 0.1) is 11.6 Å². The van der Waals surface area contributed by atoms with Crippen LogP contribution >= 0.6 is 23.4 Å². The first-order valence-electron chi connectivity index (χ1n) is 9.69. The number of hydrogen-bond acceptors (Lipinski definition) is 5. The Kier molecular flexibility index (Phi) is 10.4. The number of likely N-dealkylation sites (N-methyl/N-ethyl adjacent to an activating group) is 1. The molecule has 0 saturated carbocycles. The van der Waals surface area contributed by atoms with Crippen LogP contribution in [0.3, 0.4) is 0 Å². The molecule has 0 aliphatic rings. The molecule has 0 aliphatic carbocycles. The van der Waals surface area contributed by atoms with Crippen LogP contribution < -0.4 is 9.46 Å². The highest BCUT2D eigenvalue weighted by atomic mass is 35.5. The van der Waals surface area contributed by atoms with Crippen LogP contribution in [0, 0.1) is 0 Å². The quantitative estimate of drug-likeness (QED) is 0.496. The van der Waals surface area contributed by atoms with Gasteiger partial charge in [-0.15, -0.1) is 0 Å². The number of rotatable bonds is 12. The van der Waals surface area contributed by atoms with Gasteiger partial charge in [0.1, 0.15) is 18.4 Å². The van der Waals surface area contributed by atoms with Crippen molar-refractivity contribution in [2.75, 3.05) is 32.2 Å². The summed E-state index contributed by atoms with van der Waals surface area (Å²) in [4.78, 5) is 14.4. The molecule has 0 bridgehead atoms. The molecule has 0 fully saturated rings. The molecule has 168 valence electrons. The lowest BCUT2D eigenvalue weighted by Crippen LogP contribution is -2.48. The van der Waals surface area contributed by atoms with E-state index < -0.39 is 16.1 Å². The maximum atomic E-state index is 12.9. The Balaban J connectivity index is 1.98. The van der Waals surface area contributed by atoms with Crippen LogP contribution in [-0.2, 0) is 14.8 Å². The number of ether oxygens (including phenoxy) is 1. The number of nitrogens with zero attached hydrogens (tertiary/aromatic N) is 1. The van der Waals surface area contributed by atoms with E-state index in [2.05, 4.69) is 4.72 Å². The highest BCUT2D eigenvalue weighted by Crippen LogP contribution is 2.22. The molecule has 0 spiro atoms. The summed E-state index contributed by atoms with van der Waals surface area (Å²) in [5.41, 5.74) is 0.758. The van der Waals surface area contributed by atoms with Crippen molar-refractivity contribution >= 4 is 45.4 Å². The molecule has 31 heavy (non-hydrogen) atoms. The van der Waals surface area contributed by atoms with Crippen LogP contribution in [0.25, 0.3) is 6.08 Å². The summed E-state index contributed by atoms with van der Waals surface area (Å²) in [5, 5.41) is 1.58. The molecule has 0 radical (unpaired) electrons. The molecular weight excluding hydrogens is 456 g/mol. The molecule has 1 unspecified atom stereocenters. The minimum Gasteiger partial charge on any atom is -0.490 e. The molecule has 0 aliphatic heterocycles. The second-order valence-corrected chi connectivity index (χ2v) is 9.74. The molecule has 1 atom stereocenters. The van der Waals surface area contributed by atoms with Crippen LogP contribution in [0.2, 0.25) is 5.02 Å². The lowest BCUT2D eigenvalue weighted by molar-refractivity contribution is -0.132. The maximum absolute atomic E-state index is 12.9. The number of para-hydroxylation sites is 1. The van der Waals surface area contributed by atoms with Gasteiger partial charge in [0.25, 0.3) is 0 Å². The van der Waals surface area contributed by atoms with Crippen molar-refractivity contribution in [2.24, 2.45) is 0 Å². The topological polar surface area (TPSA) is 75.7 Å². The average Bonchev–Trinajstić information content (AvgIpc) is 2.76. The minimum absolute atomic E-state index is 0.238. The standard InChI is InChI=1S/C22H27ClN2O4S2/c1-25(14-15-29-21-11-7-6-10-19(21)23)22(26)20(12-16-30-2)24-31(27,28)17-13-18-8-4-3-5-9-18/h3-11,13,17,20,24H,12,14-16H2,1-2H3/b17-13+. The number of halogens is 1. The Bertz CT molecular complexity index is 968. The first-order valence-corrected chi connectivity index (χ1v) is 13.0. The van der Waals surface area contributed by atoms with E-state index in [-0.39, 0.29) is 12.5 Å². The Morgan fingerprint density at radius 2 is 1.87 bits per heavy atom. The van der Waals surface area contributed by atoms with E-state index in [1.807, 2.05) is 30.5 Å². The smallest absolute Gasteiger partial charge is 0.240 e. The van der Waals surface area contributed by atoms with Crippen LogP contribution in [0.4, 0.5) is 0 Å². The number of sulfonamides is 1. The summed E-state index contributed by atoms with van der Waals surface area (Å²) in [6.07, 6.45) is 3.79. The van der Waals surface area contributed by atoms with E-state index in [4.69, 9.17) is 16.3 Å². The van der Waals surface area contributed by atoms with Crippen molar-refractivity contribution in [3.63, 3.8) is 0 Å². The van der Waals surface area contributed by atoms with Gasteiger partial charge in [-0.3, -0.25) is 4.79 Å². The molecule has 2 rings (SSSR count). The molecule has 1 N–H and O–H groups in total. The van der Waals surface area contributed by atoms with Gasteiger partial charge in [0.15, 0.2) is 0 Å². The second-order valence-electron chi connectivity index (χ2n) is 6.75. The van der Waals surface area contributed by atoms with Crippen molar-refractivity contribution in [2.45, 2.75) is 12.5 Å². The molecule has 1 amide bonds. The van der Waals surface area contributed by atoms with Gasteiger partial charge in [0, 0.05) is 12.5 Å². The molecule has 0 heterocycles. The number of nitrogens with one attached hydrogen (secondary N) is 1. The molecule has 0 aromatic heterocycles. The summed E-state index contributed by atoms with van der Waals surface area (Å²) >= 11 is 7.61. The summed E-state index contributed by atoms with van der Waals surface area (Å²) in [6.45, 7) is 0.531. The average molecular weight is 483 g/mol. The zero-order valence-electron chi connectivity index (χ0n) is 17.5. The minimum atomic E-state index is -3.79. The number of hydrogen-bond donors (Lipinski definition) is 1. The summed E-state index contributed by atoms with van der Waals surface area (Å²) in [6, 6.07) is 15.3. The van der Waals surface area contributed by atoms with E-state index in [0.29, 0.717) is 29.5 Å². The normalized spacial score (nSPS) is 12.6. The van der Waals surface area contributed by atoms with Gasteiger partial charge >= 0.3 is 0 Å². The van der Waals surface area contributed by atoms with Crippen molar-refractivity contribution in [3.05, 3.63) is 70.6 Å². The molecular formula is C22H27ClN2O4S2. The molecule has 2 aromatic carbocycles. The summed E-state index contributed by atoms with van der Waals surface area (Å²) in [5.74, 6) is 0.870. The van der Waals surface area contributed by atoms with Crippen LogP contribution in [-0.4, -0.2) is 57.5 Å². The summed E-state index contributed by atoms with van der Waals surface area (Å²) in [7, 11) is -2.17. The fraction of sp³-hybridized carbons (Fsp3) is 0.318. The zero-order valence-corrected chi connectivity index (χ0v) is 19.9. The largest absolute Gasteiger partial charge is 0.490 e. The van der Waals surface area contributed by atoms with Gasteiger partial charge in [-0.25, -0.2) is 8.42 Å². The van der Waals surface area contributed by atoms with Crippen LogP contribution in [0.5, 0.6) is 5.75 Å². The number of carbonyl (C=O) groups excluding carboxylic acids is 1. The molecule has 6 nitrogen and oxygen atoms in total. The lowest BCUT2D eigenvalue weighted by atomic mass is 10.2. The van der Waals surface area contributed by atoms with Crippen molar-refractivity contribution in [1.29, 1.82) is 0 Å². The van der Waals surface area contributed by atoms with E-state index in [9.17, 15) is 13.2 Å². The van der Waals surface area contributed by atoms with Crippen LogP contribution in [0.15, 0.2) is 60.0 Å². The number of amides is 1. The third-order valence-corrected chi connectivity index (χ3v) is 6.42. The Labute approximate surface area is 193 Å². The van der Waals surface area contributed by atoms with E-state index >= 15 is 0 Å². The second kappa shape index (κ2) is 12.8. The molecule has 9 heteroatoms. The fourth-order valence-electron chi connectivity index (χ4n) is 2.67. The van der Waals surface area contributed by atoms with E-state index in [1.165, 1.54) is 11.0 Å². The Morgan fingerprint density at radius 1 is 1.19 bits per heavy atom. The van der Waals surface area contributed by atoms with Gasteiger partial charge in [0.2, 0.25) is 15.9 Å². The Morgan fingerprint density at radius 3 is 2.55 bits per heavy atom. The maximum Gasteiger partial charge on any atom is 0.240 e. The zero-order chi connectivity index (χ0) is 22.7.